The molecule has 1 fully saturated rings. The Hall–Kier alpha value is -1.03. The van der Waals surface area contributed by atoms with Gasteiger partial charge in [-0.15, -0.1) is 0 Å². The van der Waals surface area contributed by atoms with Crippen molar-refractivity contribution in [2.75, 3.05) is 13.7 Å². The number of hydrogen-bond acceptors (Lipinski definition) is 4. The maximum atomic E-state index is 11.4. The summed E-state index contributed by atoms with van der Waals surface area (Å²) in [5.74, 6) is 0.421. The molecule has 4 nitrogen and oxygen atoms in total. The average Bonchev–Trinajstić information content (AvgIpc) is 2.62. The Labute approximate surface area is 76.5 Å². The highest BCUT2D eigenvalue weighted by Gasteiger charge is 2.43. The number of rotatable bonds is 1. The van der Waals surface area contributed by atoms with E-state index in [4.69, 9.17) is 9.47 Å². The summed E-state index contributed by atoms with van der Waals surface area (Å²) in [6, 6.07) is 0. The van der Waals surface area contributed by atoms with E-state index in [0.29, 0.717) is 17.9 Å². The number of allylic oxidation sites excluding steroid dienone is 1. The Morgan fingerprint density at radius 2 is 2.38 bits per heavy atom. The van der Waals surface area contributed by atoms with Gasteiger partial charge in [0.15, 0.2) is 0 Å². The Kier molecular flexibility index (Phi) is 2.00. The highest BCUT2D eigenvalue weighted by Crippen LogP contribution is 2.38. The van der Waals surface area contributed by atoms with Gasteiger partial charge in [0, 0.05) is 0 Å². The van der Waals surface area contributed by atoms with Crippen molar-refractivity contribution in [2.45, 2.75) is 19.6 Å². The van der Waals surface area contributed by atoms with Gasteiger partial charge in [0.1, 0.15) is 5.76 Å². The summed E-state index contributed by atoms with van der Waals surface area (Å²) in [5.41, 5.74) is 0.644. The smallest absolute Gasteiger partial charge is 0.337 e. The fraction of sp³-hybridized carbons (Fsp3) is 0.667. The fourth-order valence-corrected chi connectivity index (χ4v) is 1.86. The first kappa shape index (κ1) is 8.56. The standard InChI is InChI=1S/C9H12O4/c1-5-7(8(10)11-2)6-3-4-12-9(6)13-5/h6,9H,3-4H2,1-2H3/t6-,9-/m0/s1. The number of hydrogen-bond donors (Lipinski definition) is 0. The van der Waals surface area contributed by atoms with Crippen LogP contribution in [0.4, 0.5) is 0 Å². The first-order valence-corrected chi connectivity index (χ1v) is 4.31. The predicted octanol–water partition coefficient (Wildman–Crippen LogP) is 0.826. The highest BCUT2D eigenvalue weighted by atomic mass is 16.7. The lowest BCUT2D eigenvalue weighted by Gasteiger charge is -2.08. The molecule has 0 unspecified atom stereocenters. The number of fused-ring (bicyclic) bond motifs is 1. The third-order valence-electron chi connectivity index (χ3n) is 2.49. The van der Waals surface area contributed by atoms with E-state index in [1.54, 1.807) is 6.92 Å². The summed E-state index contributed by atoms with van der Waals surface area (Å²) in [6.07, 6.45) is 0.584. The van der Waals surface area contributed by atoms with Gasteiger partial charge in [0.05, 0.1) is 25.2 Å². The molecule has 0 amide bonds. The summed E-state index contributed by atoms with van der Waals surface area (Å²) in [5, 5.41) is 0. The van der Waals surface area contributed by atoms with Crippen molar-refractivity contribution in [1.82, 2.24) is 0 Å². The Morgan fingerprint density at radius 1 is 1.62 bits per heavy atom. The van der Waals surface area contributed by atoms with Crippen LogP contribution in [-0.4, -0.2) is 26.0 Å². The molecular weight excluding hydrogens is 172 g/mol. The molecule has 0 aromatic rings. The zero-order valence-corrected chi connectivity index (χ0v) is 7.70. The van der Waals surface area contributed by atoms with Crippen LogP contribution in [0.15, 0.2) is 11.3 Å². The van der Waals surface area contributed by atoms with Crippen molar-refractivity contribution in [3.63, 3.8) is 0 Å². The molecule has 2 rings (SSSR count). The fourth-order valence-electron chi connectivity index (χ4n) is 1.86. The summed E-state index contributed by atoms with van der Waals surface area (Å²) in [6.45, 7) is 2.43. The number of carbonyl (C=O) groups excluding carboxylic acids is 1. The van der Waals surface area contributed by atoms with E-state index in [0.717, 1.165) is 6.42 Å². The topological polar surface area (TPSA) is 44.8 Å². The van der Waals surface area contributed by atoms with E-state index >= 15 is 0 Å². The van der Waals surface area contributed by atoms with Crippen LogP contribution in [0.5, 0.6) is 0 Å². The molecular formula is C9H12O4. The lowest BCUT2D eigenvalue weighted by atomic mass is 9.98. The van der Waals surface area contributed by atoms with Crippen molar-refractivity contribution in [2.24, 2.45) is 5.92 Å². The van der Waals surface area contributed by atoms with E-state index in [1.807, 2.05) is 0 Å². The van der Waals surface area contributed by atoms with E-state index in [1.165, 1.54) is 7.11 Å². The summed E-state index contributed by atoms with van der Waals surface area (Å²) in [4.78, 5) is 11.4. The molecule has 2 aliphatic heterocycles. The van der Waals surface area contributed by atoms with Gasteiger partial charge >= 0.3 is 5.97 Å². The molecule has 72 valence electrons. The molecule has 2 heterocycles. The lowest BCUT2D eigenvalue weighted by Crippen LogP contribution is -2.17. The maximum absolute atomic E-state index is 11.4. The quantitative estimate of drug-likeness (QED) is 0.566. The van der Waals surface area contributed by atoms with Crippen LogP contribution in [0.3, 0.4) is 0 Å². The Bertz CT molecular complexity index is 269. The highest BCUT2D eigenvalue weighted by molar-refractivity contribution is 5.90. The Morgan fingerprint density at radius 3 is 3.08 bits per heavy atom. The molecule has 0 bridgehead atoms. The summed E-state index contributed by atoms with van der Waals surface area (Å²) in [7, 11) is 1.38. The molecule has 0 saturated carbocycles. The van der Waals surface area contributed by atoms with Crippen LogP contribution in [0, 0.1) is 5.92 Å². The van der Waals surface area contributed by atoms with Gasteiger partial charge in [-0.3, -0.25) is 0 Å². The third-order valence-corrected chi connectivity index (χ3v) is 2.49. The lowest BCUT2D eigenvalue weighted by molar-refractivity contribution is -0.136. The predicted molar refractivity (Wildman–Crippen MR) is 43.6 cm³/mol. The first-order chi connectivity index (χ1) is 6.24. The number of esters is 1. The van der Waals surface area contributed by atoms with Crippen LogP contribution < -0.4 is 0 Å². The van der Waals surface area contributed by atoms with Crippen molar-refractivity contribution in [3.05, 3.63) is 11.3 Å². The second-order valence-corrected chi connectivity index (χ2v) is 3.21. The second kappa shape index (κ2) is 3.03. The van der Waals surface area contributed by atoms with Gasteiger partial charge < -0.3 is 14.2 Å². The SMILES string of the molecule is COC(=O)C1=C(C)O[C@@H]2OCC[C@@H]12. The van der Waals surface area contributed by atoms with Gasteiger partial charge in [-0.2, -0.15) is 0 Å². The minimum Gasteiger partial charge on any atom is -0.468 e. The molecule has 13 heavy (non-hydrogen) atoms. The van der Waals surface area contributed by atoms with Gasteiger partial charge in [-0.1, -0.05) is 0 Å². The van der Waals surface area contributed by atoms with E-state index in [9.17, 15) is 4.79 Å². The molecule has 4 heteroatoms. The molecule has 0 spiro atoms. The largest absolute Gasteiger partial charge is 0.468 e. The van der Waals surface area contributed by atoms with Crippen LogP contribution >= 0.6 is 0 Å². The van der Waals surface area contributed by atoms with Crippen molar-refractivity contribution < 1.29 is 19.0 Å². The van der Waals surface area contributed by atoms with Crippen molar-refractivity contribution in [1.29, 1.82) is 0 Å². The minimum atomic E-state index is -0.296. The molecule has 2 atom stereocenters. The second-order valence-electron chi connectivity index (χ2n) is 3.21. The molecule has 0 aromatic carbocycles. The van der Waals surface area contributed by atoms with E-state index < -0.39 is 0 Å². The van der Waals surface area contributed by atoms with Gasteiger partial charge in [-0.05, 0) is 13.3 Å². The minimum absolute atomic E-state index is 0.0763. The zero-order chi connectivity index (χ0) is 9.42. The normalized spacial score (nSPS) is 31.5. The number of methoxy groups -OCH3 is 1. The molecule has 0 N–H and O–H groups in total. The van der Waals surface area contributed by atoms with E-state index in [2.05, 4.69) is 4.74 Å². The molecule has 0 aliphatic carbocycles. The first-order valence-electron chi connectivity index (χ1n) is 4.31. The van der Waals surface area contributed by atoms with Crippen LogP contribution in [0.2, 0.25) is 0 Å². The monoisotopic (exact) mass is 184 g/mol. The van der Waals surface area contributed by atoms with Crippen molar-refractivity contribution >= 4 is 5.97 Å². The molecule has 0 radical (unpaired) electrons. The molecule has 0 aromatic heterocycles. The Balaban J connectivity index is 2.24. The maximum Gasteiger partial charge on any atom is 0.337 e. The summed E-state index contributed by atoms with van der Waals surface area (Å²) < 4.78 is 15.4. The number of carbonyl (C=O) groups is 1. The van der Waals surface area contributed by atoms with Crippen LogP contribution in [0.1, 0.15) is 13.3 Å². The van der Waals surface area contributed by atoms with Crippen LogP contribution in [-0.2, 0) is 19.0 Å². The average molecular weight is 184 g/mol. The summed E-state index contributed by atoms with van der Waals surface area (Å²) >= 11 is 0. The van der Waals surface area contributed by atoms with Gasteiger partial charge in [-0.25, -0.2) is 4.79 Å². The number of ether oxygens (including phenoxy) is 3. The van der Waals surface area contributed by atoms with Gasteiger partial charge in [0.25, 0.3) is 0 Å². The van der Waals surface area contributed by atoms with Crippen LogP contribution in [0.25, 0.3) is 0 Å². The van der Waals surface area contributed by atoms with Gasteiger partial charge in [0.2, 0.25) is 6.29 Å². The molecule has 1 saturated heterocycles. The van der Waals surface area contributed by atoms with Crippen molar-refractivity contribution in [3.8, 4) is 0 Å². The third kappa shape index (κ3) is 1.21. The van der Waals surface area contributed by atoms with E-state index in [-0.39, 0.29) is 18.2 Å². The zero-order valence-electron chi connectivity index (χ0n) is 7.70. The molecule has 2 aliphatic rings.